The normalized spacial score (nSPS) is 12.7. The molecule has 15 heavy (non-hydrogen) atoms. The first-order valence-electron chi connectivity index (χ1n) is 5.31. The van der Waals surface area contributed by atoms with Gasteiger partial charge in [0, 0.05) is 19.2 Å². The molecule has 1 aromatic rings. The van der Waals surface area contributed by atoms with Crippen LogP contribution in [0.2, 0.25) is 0 Å². The highest BCUT2D eigenvalue weighted by molar-refractivity contribution is 5.15. The molecule has 0 bridgehead atoms. The van der Waals surface area contributed by atoms with E-state index in [1.165, 1.54) is 12.1 Å². The molecule has 2 N–H and O–H groups in total. The van der Waals surface area contributed by atoms with Crippen molar-refractivity contribution >= 4 is 0 Å². The van der Waals surface area contributed by atoms with Crippen molar-refractivity contribution in [1.82, 2.24) is 5.32 Å². The summed E-state index contributed by atoms with van der Waals surface area (Å²) in [6.45, 7) is 2.96. The number of halogens is 1. The van der Waals surface area contributed by atoms with Crippen LogP contribution in [0.15, 0.2) is 24.3 Å². The molecule has 0 saturated heterocycles. The van der Waals surface area contributed by atoms with Gasteiger partial charge in [0.2, 0.25) is 0 Å². The molecule has 0 aliphatic carbocycles. The van der Waals surface area contributed by atoms with Crippen molar-refractivity contribution in [3.63, 3.8) is 0 Å². The predicted molar refractivity (Wildman–Crippen MR) is 59.0 cm³/mol. The third kappa shape index (κ3) is 4.91. The molecule has 0 radical (unpaired) electrons. The largest absolute Gasteiger partial charge is 0.396 e. The van der Waals surface area contributed by atoms with Crippen LogP contribution in [-0.4, -0.2) is 17.8 Å². The van der Waals surface area contributed by atoms with Crippen molar-refractivity contribution in [2.75, 3.05) is 6.61 Å². The fraction of sp³-hybridized carbons (Fsp3) is 0.500. The monoisotopic (exact) mass is 211 g/mol. The zero-order valence-electron chi connectivity index (χ0n) is 9.04. The number of nitrogens with one attached hydrogen (secondary N) is 1. The van der Waals surface area contributed by atoms with Crippen LogP contribution in [0.4, 0.5) is 4.39 Å². The lowest BCUT2D eigenvalue weighted by Gasteiger charge is -2.12. The average molecular weight is 211 g/mol. The van der Waals surface area contributed by atoms with E-state index in [1.807, 2.05) is 6.07 Å². The van der Waals surface area contributed by atoms with Gasteiger partial charge in [-0.25, -0.2) is 4.39 Å². The van der Waals surface area contributed by atoms with Crippen LogP contribution < -0.4 is 5.32 Å². The minimum absolute atomic E-state index is 0.197. The molecule has 1 rings (SSSR count). The van der Waals surface area contributed by atoms with Crippen molar-refractivity contribution in [2.24, 2.45) is 0 Å². The maximum Gasteiger partial charge on any atom is 0.123 e. The summed E-state index contributed by atoms with van der Waals surface area (Å²) in [6, 6.07) is 6.93. The molecular weight excluding hydrogens is 193 g/mol. The molecule has 0 unspecified atom stereocenters. The fourth-order valence-electron chi connectivity index (χ4n) is 1.44. The minimum atomic E-state index is -0.197. The number of benzene rings is 1. The summed E-state index contributed by atoms with van der Waals surface area (Å²) < 4.78 is 12.8. The van der Waals surface area contributed by atoms with Gasteiger partial charge in [0.1, 0.15) is 5.82 Å². The summed E-state index contributed by atoms with van der Waals surface area (Å²) in [5, 5.41) is 11.9. The second-order valence-electron chi connectivity index (χ2n) is 3.78. The summed E-state index contributed by atoms with van der Waals surface area (Å²) in [5.41, 5.74) is 0.950. The third-order valence-corrected chi connectivity index (χ3v) is 2.34. The van der Waals surface area contributed by atoms with Crippen LogP contribution in [0.3, 0.4) is 0 Å². The Labute approximate surface area is 90.1 Å². The lowest BCUT2D eigenvalue weighted by molar-refractivity contribution is 0.276. The SMILES string of the molecule is C[C@@H](CCCO)NCc1cccc(F)c1. The van der Waals surface area contributed by atoms with E-state index in [0.29, 0.717) is 12.6 Å². The molecule has 1 atom stereocenters. The van der Waals surface area contributed by atoms with Gasteiger partial charge in [-0.15, -0.1) is 0 Å². The lowest BCUT2D eigenvalue weighted by Crippen LogP contribution is -2.25. The highest BCUT2D eigenvalue weighted by atomic mass is 19.1. The van der Waals surface area contributed by atoms with Crippen LogP contribution >= 0.6 is 0 Å². The van der Waals surface area contributed by atoms with Gasteiger partial charge in [0.25, 0.3) is 0 Å². The van der Waals surface area contributed by atoms with Crippen molar-refractivity contribution in [2.45, 2.75) is 32.4 Å². The van der Waals surface area contributed by atoms with Gasteiger partial charge in [0.15, 0.2) is 0 Å². The van der Waals surface area contributed by atoms with Gasteiger partial charge in [-0.3, -0.25) is 0 Å². The number of hydrogen-bond acceptors (Lipinski definition) is 2. The minimum Gasteiger partial charge on any atom is -0.396 e. The molecule has 0 fully saturated rings. The van der Waals surface area contributed by atoms with Gasteiger partial charge in [0.05, 0.1) is 0 Å². The first kappa shape index (κ1) is 12.1. The van der Waals surface area contributed by atoms with E-state index in [1.54, 1.807) is 6.07 Å². The molecule has 1 aromatic carbocycles. The third-order valence-electron chi connectivity index (χ3n) is 2.34. The summed E-state index contributed by atoms with van der Waals surface area (Å²) in [6.07, 6.45) is 1.74. The van der Waals surface area contributed by atoms with Gasteiger partial charge in [-0.2, -0.15) is 0 Å². The predicted octanol–water partition coefficient (Wildman–Crippen LogP) is 2.08. The van der Waals surface area contributed by atoms with E-state index in [2.05, 4.69) is 12.2 Å². The van der Waals surface area contributed by atoms with E-state index in [9.17, 15) is 4.39 Å². The molecule has 84 valence electrons. The molecule has 0 heterocycles. The highest BCUT2D eigenvalue weighted by Crippen LogP contribution is 2.04. The van der Waals surface area contributed by atoms with Gasteiger partial charge >= 0.3 is 0 Å². The molecular formula is C12H18FNO. The summed E-state index contributed by atoms with van der Waals surface area (Å²) >= 11 is 0. The Kier molecular flexibility index (Phi) is 5.29. The Morgan fingerprint density at radius 3 is 2.93 bits per heavy atom. The first-order valence-corrected chi connectivity index (χ1v) is 5.31. The van der Waals surface area contributed by atoms with E-state index in [4.69, 9.17) is 5.11 Å². The fourth-order valence-corrected chi connectivity index (χ4v) is 1.44. The van der Waals surface area contributed by atoms with E-state index in [0.717, 1.165) is 18.4 Å². The molecule has 0 spiro atoms. The van der Waals surface area contributed by atoms with Gasteiger partial charge in [-0.1, -0.05) is 12.1 Å². The number of aliphatic hydroxyl groups excluding tert-OH is 1. The Balaban J connectivity index is 2.30. The van der Waals surface area contributed by atoms with E-state index in [-0.39, 0.29) is 12.4 Å². The van der Waals surface area contributed by atoms with Gasteiger partial charge in [-0.05, 0) is 37.5 Å². The van der Waals surface area contributed by atoms with Crippen LogP contribution in [0.5, 0.6) is 0 Å². The van der Waals surface area contributed by atoms with Crippen molar-refractivity contribution in [3.05, 3.63) is 35.6 Å². The second-order valence-corrected chi connectivity index (χ2v) is 3.78. The van der Waals surface area contributed by atoms with Gasteiger partial charge < -0.3 is 10.4 Å². The molecule has 3 heteroatoms. The van der Waals surface area contributed by atoms with Crippen LogP contribution in [0, 0.1) is 5.82 Å². The topological polar surface area (TPSA) is 32.3 Å². The lowest BCUT2D eigenvalue weighted by atomic mass is 10.1. The molecule has 2 nitrogen and oxygen atoms in total. The molecule has 0 aromatic heterocycles. The number of aliphatic hydroxyl groups is 1. The summed E-state index contributed by atoms with van der Waals surface area (Å²) in [5.74, 6) is -0.197. The quantitative estimate of drug-likeness (QED) is 0.755. The van der Waals surface area contributed by atoms with Crippen molar-refractivity contribution in [3.8, 4) is 0 Å². The summed E-state index contributed by atoms with van der Waals surface area (Å²) in [7, 11) is 0. The maximum atomic E-state index is 12.8. The Morgan fingerprint density at radius 1 is 1.47 bits per heavy atom. The smallest absolute Gasteiger partial charge is 0.123 e. The zero-order chi connectivity index (χ0) is 11.1. The van der Waals surface area contributed by atoms with Crippen molar-refractivity contribution in [1.29, 1.82) is 0 Å². The first-order chi connectivity index (χ1) is 7.22. The van der Waals surface area contributed by atoms with E-state index < -0.39 is 0 Å². The molecule has 0 aliphatic rings. The molecule has 0 saturated carbocycles. The van der Waals surface area contributed by atoms with E-state index >= 15 is 0 Å². The highest BCUT2D eigenvalue weighted by Gasteiger charge is 2.01. The standard InChI is InChI=1S/C12H18FNO/c1-10(4-3-7-15)14-9-11-5-2-6-12(13)8-11/h2,5-6,8,10,14-15H,3-4,7,9H2,1H3/t10-/m0/s1. The Morgan fingerprint density at radius 2 is 2.27 bits per heavy atom. The van der Waals surface area contributed by atoms with Crippen LogP contribution in [0.1, 0.15) is 25.3 Å². The average Bonchev–Trinajstić information content (AvgIpc) is 2.23. The maximum absolute atomic E-state index is 12.8. The van der Waals surface area contributed by atoms with Crippen LogP contribution in [0.25, 0.3) is 0 Å². The number of hydrogen-bond donors (Lipinski definition) is 2. The van der Waals surface area contributed by atoms with Crippen LogP contribution in [-0.2, 0) is 6.54 Å². The summed E-state index contributed by atoms with van der Waals surface area (Å²) in [4.78, 5) is 0. The zero-order valence-corrected chi connectivity index (χ0v) is 9.04. The Hall–Kier alpha value is -0.930. The molecule has 0 amide bonds. The number of rotatable bonds is 6. The second kappa shape index (κ2) is 6.53. The molecule has 0 aliphatic heterocycles. The Bertz CT molecular complexity index is 291. The van der Waals surface area contributed by atoms with Crippen molar-refractivity contribution < 1.29 is 9.50 Å².